The summed E-state index contributed by atoms with van der Waals surface area (Å²) in [6.07, 6.45) is 4.62. The van der Waals surface area contributed by atoms with Gasteiger partial charge in [0.25, 0.3) is 0 Å². The highest BCUT2D eigenvalue weighted by Gasteiger charge is 2.28. The zero-order chi connectivity index (χ0) is 23.5. The van der Waals surface area contributed by atoms with E-state index < -0.39 is 17.9 Å². The summed E-state index contributed by atoms with van der Waals surface area (Å²) in [5.41, 5.74) is 3.73. The van der Waals surface area contributed by atoms with Gasteiger partial charge in [-0.2, -0.15) is 0 Å². The second kappa shape index (κ2) is 12.9. The van der Waals surface area contributed by atoms with E-state index in [1.54, 1.807) is 5.48 Å². The van der Waals surface area contributed by atoms with Crippen molar-refractivity contribution in [1.29, 1.82) is 0 Å². The normalized spacial score (nSPS) is 15.2. The summed E-state index contributed by atoms with van der Waals surface area (Å²) in [4.78, 5) is 39.8. The van der Waals surface area contributed by atoms with Crippen LogP contribution in [0.25, 0.3) is 0 Å². The summed E-state index contributed by atoms with van der Waals surface area (Å²) in [6, 6.07) is 8.75. The van der Waals surface area contributed by atoms with Crippen molar-refractivity contribution in [3.63, 3.8) is 0 Å². The molecule has 2 unspecified atom stereocenters. The number of carbonyl (C=O) groups excluding carboxylic acids is 3. The Labute approximate surface area is 190 Å². The van der Waals surface area contributed by atoms with Crippen molar-refractivity contribution in [2.24, 2.45) is 11.8 Å². The lowest BCUT2D eigenvalue weighted by Gasteiger charge is -2.23. The van der Waals surface area contributed by atoms with Crippen LogP contribution in [0.2, 0.25) is 0 Å². The molecular weight excluding hydrogens is 408 g/mol. The third kappa shape index (κ3) is 8.34. The summed E-state index contributed by atoms with van der Waals surface area (Å²) in [6.45, 7) is 5.40. The van der Waals surface area contributed by atoms with Gasteiger partial charge in [-0.1, -0.05) is 50.3 Å². The van der Waals surface area contributed by atoms with E-state index in [1.807, 2.05) is 51.2 Å². The van der Waals surface area contributed by atoms with Gasteiger partial charge in [-0.15, -0.1) is 0 Å². The molecule has 1 aliphatic rings. The van der Waals surface area contributed by atoms with Crippen molar-refractivity contribution >= 4 is 17.7 Å². The molecule has 0 spiro atoms. The maximum Gasteiger partial charge on any atom is 0.244 e. The van der Waals surface area contributed by atoms with Crippen LogP contribution in [0.3, 0.4) is 0 Å². The molecule has 1 heterocycles. The van der Waals surface area contributed by atoms with Crippen LogP contribution in [0.5, 0.6) is 0 Å². The van der Waals surface area contributed by atoms with Gasteiger partial charge >= 0.3 is 0 Å². The first kappa shape index (κ1) is 25.4. The monoisotopic (exact) mass is 444 g/mol. The maximum absolute atomic E-state index is 13.0. The Kier molecular flexibility index (Phi) is 10.2. The molecule has 4 N–H and O–H groups in total. The Morgan fingerprint density at radius 1 is 1.12 bits per heavy atom. The zero-order valence-corrected chi connectivity index (χ0v) is 19.3. The minimum absolute atomic E-state index is 0.138. The number of hydroxylamine groups is 1. The number of benzene rings is 1. The molecule has 0 aromatic heterocycles. The van der Waals surface area contributed by atoms with Crippen LogP contribution in [-0.4, -0.2) is 54.0 Å². The number of rotatable bonds is 12. The van der Waals surface area contributed by atoms with Gasteiger partial charge in [0.1, 0.15) is 6.04 Å². The van der Waals surface area contributed by atoms with Gasteiger partial charge in [0, 0.05) is 51.0 Å². The first-order chi connectivity index (χ1) is 15.3. The van der Waals surface area contributed by atoms with E-state index in [1.165, 1.54) is 5.70 Å². The molecule has 0 fully saturated rings. The van der Waals surface area contributed by atoms with E-state index in [9.17, 15) is 14.4 Å². The molecule has 32 heavy (non-hydrogen) atoms. The van der Waals surface area contributed by atoms with Gasteiger partial charge < -0.3 is 15.5 Å². The van der Waals surface area contributed by atoms with Crippen LogP contribution < -0.4 is 16.1 Å². The van der Waals surface area contributed by atoms with Crippen LogP contribution in [0, 0.1) is 11.8 Å². The van der Waals surface area contributed by atoms with Crippen molar-refractivity contribution < 1.29 is 19.6 Å². The third-order valence-corrected chi connectivity index (χ3v) is 5.61. The van der Waals surface area contributed by atoms with Gasteiger partial charge in [0.05, 0.1) is 0 Å². The number of hydrogen-bond donors (Lipinski definition) is 4. The SMILES string of the molecule is CC(C)CC(CC(=O)NO)C(=O)NC(Cc1ccccc1)C(=O)NCCC1=CCCN1C. The van der Waals surface area contributed by atoms with E-state index in [-0.39, 0.29) is 24.2 Å². The summed E-state index contributed by atoms with van der Waals surface area (Å²) in [7, 11) is 2.04. The standard InChI is InChI=1S/C24H36N4O4/c1-17(2)14-19(16-22(29)27-32)23(30)26-21(15-18-8-5-4-6-9-18)24(31)25-12-11-20-10-7-13-28(20)3/h4-6,8-10,17,19,21,32H,7,11-16H2,1-3H3,(H,25,31)(H,26,30)(H,27,29). The fourth-order valence-electron chi connectivity index (χ4n) is 3.92. The second-order valence-electron chi connectivity index (χ2n) is 8.76. The van der Waals surface area contributed by atoms with E-state index in [0.717, 1.165) is 24.9 Å². The Morgan fingerprint density at radius 3 is 2.44 bits per heavy atom. The summed E-state index contributed by atoms with van der Waals surface area (Å²) < 4.78 is 0. The average molecular weight is 445 g/mol. The molecule has 3 amide bonds. The Hall–Kier alpha value is -2.87. The van der Waals surface area contributed by atoms with Crippen LogP contribution >= 0.6 is 0 Å². The van der Waals surface area contributed by atoms with Gasteiger partial charge in [0.2, 0.25) is 17.7 Å². The fourth-order valence-corrected chi connectivity index (χ4v) is 3.92. The first-order valence-corrected chi connectivity index (χ1v) is 11.2. The highest BCUT2D eigenvalue weighted by atomic mass is 16.5. The molecule has 0 saturated carbocycles. The van der Waals surface area contributed by atoms with E-state index in [0.29, 0.717) is 19.4 Å². The maximum atomic E-state index is 13.0. The summed E-state index contributed by atoms with van der Waals surface area (Å²) in [5.74, 6) is -1.69. The van der Waals surface area contributed by atoms with Gasteiger partial charge in [0.15, 0.2) is 0 Å². The molecule has 0 saturated heterocycles. The minimum Gasteiger partial charge on any atom is -0.378 e. The molecule has 0 aliphatic carbocycles. The van der Waals surface area contributed by atoms with Gasteiger partial charge in [-0.25, -0.2) is 5.48 Å². The molecule has 2 rings (SSSR count). The van der Waals surface area contributed by atoms with Crippen molar-refractivity contribution in [3.05, 3.63) is 47.7 Å². The topological polar surface area (TPSA) is 111 Å². The van der Waals surface area contributed by atoms with E-state index in [2.05, 4.69) is 21.6 Å². The van der Waals surface area contributed by atoms with Crippen LogP contribution in [-0.2, 0) is 20.8 Å². The van der Waals surface area contributed by atoms with E-state index in [4.69, 9.17) is 5.21 Å². The molecular formula is C24H36N4O4. The zero-order valence-electron chi connectivity index (χ0n) is 19.3. The van der Waals surface area contributed by atoms with E-state index >= 15 is 0 Å². The number of nitrogens with one attached hydrogen (secondary N) is 3. The molecule has 8 heteroatoms. The van der Waals surface area contributed by atoms with Crippen molar-refractivity contribution in [2.75, 3.05) is 20.1 Å². The second-order valence-corrected chi connectivity index (χ2v) is 8.76. The quantitative estimate of drug-likeness (QED) is 0.291. The molecule has 1 aliphatic heterocycles. The Morgan fingerprint density at radius 2 is 1.84 bits per heavy atom. The molecule has 1 aromatic rings. The van der Waals surface area contributed by atoms with Crippen molar-refractivity contribution in [1.82, 2.24) is 21.0 Å². The highest BCUT2D eigenvalue weighted by Crippen LogP contribution is 2.17. The molecule has 8 nitrogen and oxygen atoms in total. The first-order valence-electron chi connectivity index (χ1n) is 11.2. The van der Waals surface area contributed by atoms with Crippen molar-refractivity contribution in [3.8, 4) is 0 Å². The Bertz CT molecular complexity index is 794. The largest absolute Gasteiger partial charge is 0.378 e. The lowest BCUT2D eigenvalue weighted by Crippen LogP contribution is -2.50. The average Bonchev–Trinajstić information content (AvgIpc) is 3.17. The lowest BCUT2D eigenvalue weighted by atomic mass is 9.92. The lowest BCUT2D eigenvalue weighted by molar-refractivity contribution is -0.136. The number of amides is 3. The highest BCUT2D eigenvalue weighted by molar-refractivity contribution is 5.90. The Balaban J connectivity index is 2.05. The predicted molar refractivity (Wildman–Crippen MR) is 123 cm³/mol. The molecule has 0 radical (unpaired) electrons. The van der Waals surface area contributed by atoms with Crippen LogP contribution in [0.1, 0.15) is 45.1 Å². The predicted octanol–water partition coefficient (Wildman–Crippen LogP) is 2.00. The summed E-state index contributed by atoms with van der Waals surface area (Å²) >= 11 is 0. The molecule has 1 aromatic carbocycles. The molecule has 0 bridgehead atoms. The van der Waals surface area contributed by atoms with Crippen molar-refractivity contribution in [2.45, 2.75) is 52.0 Å². The van der Waals surface area contributed by atoms with Gasteiger partial charge in [-0.3, -0.25) is 19.6 Å². The van der Waals surface area contributed by atoms with Gasteiger partial charge in [-0.05, 0) is 24.3 Å². The molecule has 2 atom stereocenters. The molecule has 176 valence electrons. The summed E-state index contributed by atoms with van der Waals surface area (Å²) in [5, 5.41) is 14.7. The number of nitrogens with zero attached hydrogens (tertiary/aromatic N) is 1. The minimum atomic E-state index is -0.757. The smallest absolute Gasteiger partial charge is 0.244 e. The number of hydrogen-bond acceptors (Lipinski definition) is 5. The third-order valence-electron chi connectivity index (χ3n) is 5.61. The van der Waals surface area contributed by atoms with Crippen LogP contribution in [0.15, 0.2) is 42.1 Å². The number of carbonyl (C=O) groups is 3. The van der Waals surface area contributed by atoms with Crippen LogP contribution in [0.4, 0.5) is 0 Å². The fraction of sp³-hybridized carbons (Fsp3) is 0.542.